The molecule has 9 heteroatoms. The molecule has 3 atom stereocenters. The average molecular weight is 457 g/mol. The summed E-state index contributed by atoms with van der Waals surface area (Å²) in [6, 6.07) is 12.1. The molecule has 0 aliphatic carbocycles. The van der Waals surface area contributed by atoms with E-state index in [9.17, 15) is 24.6 Å². The summed E-state index contributed by atoms with van der Waals surface area (Å²) in [6.45, 7) is 0.498. The van der Waals surface area contributed by atoms with E-state index >= 15 is 0 Å². The first-order valence-corrected chi connectivity index (χ1v) is 10.9. The molecule has 9 nitrogen and oxygen atoms in total. The second kappa shape index (κ2) is 13.2. The van der Waals surface area contributed by atoms with Crippen molar-refractivity contribution in [3.8, 4) is 5.75 Å². The molecule has 178 valence electrons. The van der Waals surface area contributed by atoms with Crippen LogP contribution in [0, 0.1) is 0 Å². The van der Waals surface area contributed by atoms with Crippen molar-refractivity contribution in [1.82, 2.24) is 10.6 Å². The first-order chi connectivity index (χ1) is 15.8. The first kappa shape index (κ1) is 25.8. The topological polar surface area (TPSA) is 168 Å². The Morgan fingerprint density at radius 3 is 2.00 bits per heavy atom. The van der Waals surface area contributed by atoms with E-state index in [1.165, 1.54) is 12.1 Å². The fraction of sp³-hybridized carbons (Fsp3) is 0.375. The molecule has 0 heterocycles. The van der Waals surface area contributed by atoms with Crippen LogP contribution in [0.2, 0.25) is 0 Å². The number of aromatic hydroxyl groups is 1. The van der Waals surface area contributed by atoms with Crippen LogP contribution in [0.5, 0.6) is 5.75 Å². The zero-order valence-corrected chi connectivity index (χ0v) is 18.4. The molecule has 33 heavy (non-hydrogen) atoms. The molecule has 3 unspecified atom stereocenters. The lowest BCUT2D eigenvalue weighted by Crippen LogP contribution is -2.55. The summed E-state index contributed by atoms with van der Waals surface area (Å²) in [4.78, 5) is 37.4. The van der Waals surface area contributed by atoms with Crippen molar-refractivity contribution in [1.29, 1.82) is 0 Å². The van der Waals surface area contributed by atoms with Gasteiger partial charge < -0.3 is 32.3 Å². The van der Waals surface area contributed by atoms with Crippen LogP contribution in [0.15, 0.2) is 54.6 Å². The van der Waals surface area contributed by atoms with Crippen LogP contribution in [0.1, 0.15) is 30.4 Å². The number of hydrogen-bond donors (Lipinski definition) is 6. The number of benzene rings is 2. The van der Waals surface area contributed by atoms with Gasteiger partial charge in [0.15, 0.2) is 0 Å². The van der Waals surface area contributed by atoms with Crippen molar-refractivity contribution in [3.63, 3.8) is 0 Å². The molecule has 2 amide bonds. The molecule has 8 N–H and O–H groups in total. The molecular formula is C24H32N4O5. The highest BCUT2D eigenvalue weighted by Gasteiger charge is 2.28. The molecule has 0 radical (unpaired) electrons. The fourth-order valence-electron chi connectivity index (χ4n) is 3.32. The predicted molar refractivity (Wildman–Crippen MR) is 124 cm³/mol. The number of carbonyl (C=O) groups is 3. The van der Waals surface area contributed by atoms with Crippen molar-refractivity contribution in [2.24, 2.45) is 11.5 Å². The third-order valence-corrected chi connectivity index (χ3v) is 5.21. The smallest absolute Gasteiger partial charge is 0.326 e. The van der Waals surface area contributed by atoms with Crippen molar-refractivity contribution < 1.29 is 24.6 Å². The minimum atomic E-state index is -1.18. The van der Waals surface area contributed by atoms with Gasteiger partial charge in [-0.3, -0.25) is 9.59 Å². The summed E-state index contributed by atoms with van der Waals surface area (Å²) < 4.78 is 0. The molecule has 0 saturated carbocycles. The van der Waals surface area contributed by atoms with E-state index in [0.717, 1.165) is 12.0 Å². The third-order valence-electron chi connectivity index (χ3n) is 5.21. The first-order valence-electron chi connectivity index (χ1n) is 10.9. The van der Waals surface area contributed by atoms with Gasteiger partial charge in [0, 0.05) is 12.8 Å². The Morgan fingerprint density at radius 2 is 1.39 bits per heavy atom. The maximum absolute atomic E-state index is 13.0. The molecule has 2 rings (SSSR count). The van der Waals surface area contributed by atoms with Gasteiger partial charge in [0.05, 0.1) is 6.04 Å². The van der Waals surface area contributed by atoms with Crippen LogP contribution in [-0.2, 0) is 27.2 Å². The Morgan fingerprint density at radius 1 is 0.818 bits per heavy atom. The highest BCUT2D eigenvalue weighted by Crippen LogP contribution is 2.12. The van der Waals surface area contributed by atoms with Gasteiger partial charge in [0.1, 0.15) is 17.8 Å². The zero-order chi connectivity index (χ0) is 24.2. The Hall–Kier alpha value is -3.43. The average Bonchev–Trinajstić information content (AvgIpc) is 2.80. The van der Waals surface area contributed by atoms with Crippen molar-refractivity contribution in [3.05, 3.63) is 65.7 Å². The molecule has 0 spiro atoms. The van der Waals surface area contributed by atoms with Gasteiger partial charge in [-0.25, -0.2) is 4.79 Å². The number of aliphatic carboxylic acids is 1. The molecule has 0 fully saturated rings. The SMILES string of the molecule is NCCCCC(N)C(=O)NC(Cc1ccc(O)cc1)C(=O)NC(Cc1ccccc1)C(=O)O. The van der Waals surface area contributed by atoms with Crippen LogP contribution in [-0.4, -0.2) is 52.7 Å². The molecule has 0 aliphatic rings. The number of rotatable bonds is 13. The Labute approximate surface area is 193 Å². The molecule has 0 bridgehead atoms. The summed E-state index contributed by atoms with van der Waals surface area (Å²) in [7, 11) is 0. The van der Waals surface area contributed by atoms with Crippen LogP contribution in [0.3, 0.4) is 0 Å². The van der Waals surface area contributed by atoms with Gasteiger partial charge in [-0.2, -0.15) is 0 Å². The number of carbonyl (C=O) groups excluding carboxylic acids is 2. The fourth-order valence-corrected chi connectivity index (χ4v) is 3.32. The van der Waals surface area contributed by atoms with E-state index in [1.54, 1.807) is 36.4 Å². The summed E-state index contributed by atoms with van der Waals surface area (Å²) in [5.41, 5.74) is 12.9. The van der Waals surface area contributed by atoms with Gasteiger partial charge in [-0.15, -0.1) is 0 Å². The van der Waals surface area contributed by atoms with Crippen LogP contribution < -0.4 is 22.1 Å². The highest BCUT2D eigenvalue weighted by molar-refractivity contribution is 5.92. The number of phenols is 1. The molecule has 2 aromatic carbocycles. The minimum absolute atomic E-state index is 0.0690. The Kier molecular flexibility index (Phi) is 10.3. The zero-order valence-electron chi connectivity index (χ0n) is 18.4. The van der Waals surface area contributed by atoms with E-state index < -0.39 is 35.9 Å². The van der Waals surface area contributed by atoms with Gasteiger partial charge in [-0.1, -0.05) is 48.9 Å². The number of hydrogen-bond acceptors (Lipinski definition) is 6. The Balaban J connectivity index is 2.13. The number of carboxylic acid groups (broad SMARTS) is 1. The largest absolute Gasteiger partial charge is 0.508 e. The number of nitrogens with one attached hydrogen (secondary N) is 2. The lowest BCUT2D eigenvalue weighted by atomic mass is 10.0. The Bertz CT molecular complexity index is 905. The summed E-state index contributed by atoms with van der Waals surface area (Å²) in [6.07, 6.45) is 2.03. The molecule has 0 aliphatic heterocycles. The predicted octanol–water partition coefficient (Wildman–Crippen LogP) is 0.688. The molecule has 0 saturated heterocycles. The van der Waals surface area contributed by atoms with Crippen LogP contribution in [0.4, 0.5) is 0 Å². The second-order valence-electron chi connectivity index (χ2n) is 7.91. The minimum Gasteiger partial charge on any atom is -0.508 e. The normalized spacial score (nSPS) is 13.5. The van der Waals surface area contributed by atoms with E-state index in [0.29, 0.717) is 24.9 Å². The highest BCUT2D eigenvalue weighted by atomic mass is 16.4. The van der Waals surface area contributed by atoms with Crippen LogP contribution in [0.25, 0.3) is 0 Å². The number of carboxylic acids is 1. The monoisotopic (exact) mass is 456 g/mol. The maximum Gasteiger partial charge on any atom is 0.326 e. The molecular weight excluding hydrogens is 424 g/mol. The maximum atomic E-state index is 13.0. The third kappa shape index (κ3) is 8.91. The van der Waals surface area contributed by atoms with Gasteiger partial charge >= 0.3 is 5.97 Å². The van der Waals surface area contributed by atoms with E-state index in [-0.39, 0.29) is 18.6 Å². The van der Waals surface area contributed by atoms with Gasteiger partial charge in [0.25, 0.3) is 0 Å². The second-order valence-corrected chi connectivity index (χ2v) is 7.91. The van der Waals surface area contributed by atoms with Crippen molar-refractivity contribution >= 4 is 17.8 Å². The summed E-state index contributed by atoms with van der Waals surface area (Å²) in [5, 5.41) is 24.3. The number of amides is 2. The lowest BCUT2D eigenvalue weighted by Gasteiger charge is -2.23. The molecule has 0 aromatic heterocycles. The van der Waals surface area contributed by atoms with E-state index in [2.05, 4.69) is 10.6 Å². The number of unbranched alkanes of at least 4 members (excludes halogenated alkanes) is 1. The van der Waals surface area contributed by atoms with Gasteiger partial charge in [0.2, 0.25) is 11.8 Å². The van der Waals surface area contributed by atoms with Crippen LogP contribution >= 0.6 is 0 Å². The summed E-state index contributed by atoms with van der Waals surface area (Å²) in [5.74, 6) is -2.24. The quantitative estimate of drug-likeness (QED) is 0.241. The van der Waals surface area contributed by atoms with Gasteiger partial charge in [-0.05, 0) is 42.6 Å². The lowest BCUT2D eigenvalue weighted by molar-refractivity contribution is -0.142. The van der Waals surface area contributed by atoms with Crippen molar-refractivity contribution in [2.45, 2.75) is 50.2 Å². The van der Waals surface area contributed by atoms with Crippen molar-refractivity contribution in [2.75, 3.05) is 6.54 Å². The van der Waals surface area contributed by atoms with E-state index in [1.807, 2.05) is 6.07 Å². The standard InChI is InChI=1S/C24H32N4O5/c25-13-5-4-8-19(26)22(30)27-20(14-17-9-11-18(29)12-10-17)23(31)28-21(24(32)33)15-16-6-2-1-3-7-16/h1-3,6-7,9-12,19-21,29H,4-5,8,13-15,25-26H2,(H,27,30)(H,28,31)(H,32,33). The summed E-state index contributed by atoms with van der Waals surface area (Å²) >= 11 is 0. The number of phenolic OH excluding ortho intramolecular Hbond substituents is 1. The van der Waals surface area contributed by atoms with E-state index in [4.69, 9.17) is 11.5 Å². The molecule has 2 aromatic rings. The number of nitrogens with two attached hydrogens (primary N) is 2.